The number of para-hydroxylation sites is 2. The maximum absolute atomic E-state index is 11.5. The van der Waals surface area contributed by atoms with Crippen LogP contribution in [0.2, 0.25) is 0 Å². The van der Waals surface area contributed by atoms with Gasteiger partial charge in [-0.2, -0.15) is 0 Å². The second-order valence-electron chi connectivity index (χ2n) is 7.70. The van der Waals surface area contributed by atoms with Crippen molar-refractivity contribution >= 4 is 21.7 Å². The predicted molar refractivity (Wildman–Crippen MR) is 115 cm³/mol. The molecule has 0 amide bonds. The summed E-state index contributed by atoms with van der Waals surface area (Å²) in [7, 11) is -1.60. The van der Waals surface area contributed by atoms with E-state index < -0.39 is 15.6 Å². The minimum atomic E-state index is -3.29. The van der Waals surface area contributed by atoms with Crippen molar-refractivity contribution in [3.63, 3.8) is 0 Å². The van der Waals surface area contributed by atoms with Crippen molar-refractivity contribution in [1.29, 1.82) is 0 Å². The first-order chi connectivity index (χ1) is 13.1. The molecule has 2 rings (SSSR count). The van der Waals surface area contributed by atoms with Gasteiger partial charge in [-0.1, -0.05) is 12.1 Å². The Morgan fingerprint density at radius 1 is 1.36 bits per heavy atom. The molecule has 0 radical (unpaired) electrons. The molecule has 1 aliphatic rings. The van der Waals surface area contributed by atoms with Crippen LogP contribution in [0.1, 0.15) is 27.2 Å². The molecule has 3 N–H and O–H groups in total. The Morgan fingerprint density at radius 3 is 2.71 bits per heavy atom. The van der Waals surface area contributed by atoms with Crippen LogP contribution in [0, 0.1) is 0 Å². The Balaban J connectivity index is 2.01. The van der Waals surface area contributed by atoms with Gasteiger partial charge in [0.05, 0.1) is 25.6 Å². The third-order valence-electron chi connectivity index (χ3n) is 4.39. The molecule has 158 valence electrons. The lowest BCUT2D eigenvalue weighted by atomic mass is 10.1. The van der Waals surface area contributed by atoms with Gasteiger partial charge >= 0.3 is 0 Å². The summed E-state index contributed by atoms with van der Waals surface area (Å²) in [6.45, 7) is 8.48. The number of nitrogens with one attached hydrogen (secondary N) is 3. The molecule has 0 bridgehead atoms. The third-order valence-corrected chi connectivity index (χ3v) is 5.32. The number of methoxy groups -OCH3 is 1. The van der Waals surface area contributed by atoms with Gasteiger partial charge in [0.25, 0.3) is 0 Å². The van der Waals surface area contributed by atoms with Crippen LogP contribution in [-0.4, -0.2) is 65.5 Å². The molecule has 1 unspecified atom stereocenters. The molecule has 0 spiro atoms. The van der Waals surface area contributed by atoms with Crippen LogP contribution < -0.4 is 25.0 Å². The summed E-state index contributed by atoms with van der Waals surface area (Å²) >= 11 is 0. The summed E-state index contributed by atoms with van der Waals surface area (Å²) < 4.78 is 31.1. The average molecular weight is 412 g/mol. The summed E-state index contributed by atoms with van der Waals surface area (Å²) in [5, 5.41) is 6.71. The Bertz CT molecular complexity index is 780. The summed E-state index contributed by atoms with van der Waals surface area (Å²) in [6, 6.07) is 8.27. The molecule has 1 aromatic rings. The molecule has 1 saturated heterocycles. The van der Waals surface area contributed by atoms with E-state index in [0.29, 0.717) is 12.5 Å². The van der Waals surface area contributed by atoms with Crippen molar-refractivity contribution < 1.29 is 13.2 Å². The van der Waals surface area contributed by atoms with Gasteiger partial charge < -0.3 is 20.3 Å². The predicted octanol–water partition coefficient (Wildman–Crippen LogP) is 1.16. The number of benzene rings is 1. The number of guanidine groups is 1. The summed E-state index contributed by atoms with van der Waals surface area (Å²) in [5.41, 5.74) is 0.435. The topological polar surface area (TPSA) is 95.1 Å². The van der Waals surface area contributed by atoms with Gasteiger partial charge in [0, 0.05) is 31.2 Å². The van der Waals surface area contributed by atoms with Gasteiger partial charge in [-0.05, 0) is 39.3 Å². The number of ether oxygens (including phenoxy) is 1. The van der Waals surface area contributed by atoms with Crippen molar-refractivity contribution in [2.24, 2.45) is 4.99 Å². The first kappa shape index (κ1) is 22.3. The number of aliphatic imine (C=N–C) groups is 1. The van der Waals surface area contributed by atoms with Gasteiger partial charge in [0.2, 0.25) is 10.0 Å². The van der Waals surface area contributed by atoms with E-state index in [9.17, 15) is 8.42 Å². The maximum atomic E-state index is 11.5. The second kappa shape index (κ2) is 9.47. The van der Waals surface area contributed by atoms with Gasteiger partial charge in [0.1, 0.15) is 5.75 Å². The Morgan fingerprint density at radius 2 is 2.07 bits per heavy atom. The number of sulfonamides is 1. The molecular formula is C19H33N5O3S. The highest BCUT2D eigenvalue weighted by atomic mass is 32.2. The zero-order valence-electron chi connectivity index (χ0n) is 17.4. The van der Waals surface area contributed by atoms with Crippen molar-refractivity contribution in [2.75, 3.05) is 44.4 Å². The quantitative estimate of drug-likeness (QED) is 0.439. The lowest BCUT2D eigenvalue weighted by molar-refractivity contribution is 0.415. The molecule has 28 heavy (non-hydrogen) atoms. The summed E-state index contributed by atoms with van der Waals surface area (Å²) in [4.78, 5) is 6.89. The normalized spacial score (nSPS) is 18.2. The zero-order valence-corrected chi connectivity index (χ0v) is 18.3. The van der Waals surface area contributed by atoms with Crippen LogP contribution in [-0.2, 0) is 10.0 Å². The average Bonchev–Trinajstić information content (AvgIpc) is 3.06. The smallest absolute Gasteiger partial charge is 0.209 e. The highest BCUT2D eigenvalue weighted by Gasteiger charge is 2.26. The van der Waals surface area contributed by atoms with E-state index in [1.54, 1.807) is 7.11 Å². The fourth-order valence-corrected chi connectivity index (χ4v) is 4.38. The second-order valence-corrected chi connectivity index (χ2v) is 9.45. The molecule has 0 aliphatic carbocycles. The lowest BCUT2D eigenvalue weighted by Crippen LogP contribution is -2.48. The van der Waals surface area contributed by atoms with Crippen LogP contribution in [0.3, 0.4) is 0 Å². The molecule has 1 aliphatic heterocycles. The monoisotopic (exact) mass is 411 g/mol. The van der Waals surface area contributed by atoms with Gasteiger partial charge in [-0.15, -0.1) is 0 Å². The number of rotatable bonds is 8. The molecule has 1 atom stereocenters. The minimum Gasteiger partial charge on any atom is -0.495 e. The van der Waals surface area contributed by atoms with Gasteiger partial charge in [0.15, 0.2) is 5.96 Å². The van der Waals surface area contributed by atoms with E-state index in [0.717, 1.165) is 43.7 Å². The van der Waals surface area contributed by atoms with Crippen molar-refractivity contribution in [1.82, 2.24) is 15.4 Å². The summed E-state index contributed by atoms with van der Waals surface area (Å²) in [5.74, 6) is 1.56. The molecule has 1 heterocycles. The Labute approximate surface area is 168 Å². The SMILES string of the molecule is CCNC(=NCC(C)(C)NS(C)(=O)=O)NC1CCN(c2ccccc2OC)C1. The zero-order chi connectivity index (χ0) is 20.8. The molecule has 1 fully saturated rings. The van der Waals surface area contributed by atoms with Crippen molar-refractivity contribution in [3.8, 4) is 5.75 Å². The largest absolute Gasteiger partial charge is 0.495 e. The Hall–Kier alpha value is -2.00. The number of hydrogen-bond acceptors (Lipinski definition) is 5. The lowest BCUT2D eigenvalue weighted by Gasteiger charge is -2.25. The van der Waals surface area contributed by atoms with E-state index in [-0.39, 0.29) is 6.04 Å². The van der Waals surface area contributed by atoms with E-state index in [1.165, 1.54) is 0 Å². The number of hydrogen-bond donors (Lipinski definition) is 3. The van der Waals surface area contributed by atoms with Crippen LogP contribution >= 0.6 is 0 Å². The fraction of sp³-hybridized carbons (Fsp3) is 0.632. The standard InChI is InChI=1S/C19H33N5O3S/c1-6-20-18(21-14-19(2,3)23-28(5,25)26)22-15-11-12-24(13-15)16-9-7-8-10-17(16)27-4/h7-10,15,23H,6,11-14H2,1-5H3,(H2,20,21,22). The fourth-order valence-electron chi connectivity index (χ4n) is 3.31. The highest BCUT2D eigenvalue weighted by Crippen LogP contribution is 2.30. The third kappa shape index (κ3) is 6.87. The number of anilines is 1. The minimum absolute atomic E-state index is 0.244. The van der Waals surface area contributed by atoms with Crippen LogP contribution in [0.25, 0.3) is 0 Å². The van der Waals surface area contributed by atoms with Crippen LogP contribution in [0.5, 0.6) is 5.75 Å². The van der Waals surface area contributed by atoms with E-state index in [2.05, 4.69) is 31.3 Å². The van der Waals surface area contributed by atoms with Crippen LogP contribution in [0.15, 0.2) is 29.3 Å². The molecule has 0 aromatic heterocycles. The van der Waals surface area contributed by atoms with E-state index in [4.69, 9.17) is 4.74 Å². The first-order valence-corrected chi connectivity index (χ1v) is 11.4. The molecular weight excluding hydrogens is 378 g/mol. The number of nitrogens with zero attached hydrogens (tertiary/aromatic N) is 2. The van der Waals surface area contributed by atoms with Crippen molar-refractivity contribution in [2.45, 2.75) is 38.8 Å². The summed E-state index contributed by atoms with van der Waals surface area (Å²) in [6.07, 6.45) is 2.14. The van der Waals surface area contributed by atoms with Crippen molar-refractivity contribution in [3.05, 3.63) is 24.3 Å². The van der Waals surface area contributed by atoms with E-state index >= 15 is 0 Å². The maximum Gasteiger partial charge on any atom is 0.209 e. The van der Waals surface area contributed by atoms with Crippen LogP contribution in [0.4, 0.5) is 5.69 Å². The van der Waals surface area contributed by atoms with E-state index in [1.807, 2.05) is 39.0 Å². The molecule has 9 heteroatoms. The molecule has 1 aromatic carbocycles. The van der Waals surface area contributed by atoms with Gasteiger partial charge in [-0.25, -0.2) is 13.1 Å². The Kier molecular flexibility index (Phi) is 7.54. The van der Waals surface area contributed by atoms with Gasteiger partial charge in [-0.3, -0.25) is 4.99 Å². The molecule has 0 saturated carbocycles. The first-order valence-electron chi connectivity index (χ1n) is 9.55. The highest BCUT2D eigenvalue weighted by molar-refractivity contribution is 7.88. The molecule has 8 nitrogen and oxygen atoms in total.